The number of nitrogens with two attached hydrogens (primary N) is 1. The monoisotopic (exact) mass is 266 g/mol. The molecule has 2 N–H and O–H groups in total. The smallest absolute Gasteiger partial charge is 0.151 e. The summed E-state index contributed by atoms with van der Waals surface area (Å²) in [7, 11) is 0. The lowest BCUT2D eigenvalue weighted by Crippen LogP contribution is -2.03. The first-order valence-corrected chi connectivity index (χ1v) is 5.48. The number of benzene rings is 1. The second-order valence-electron chi connectivity index (χ2n) is 3.14. The van der Waals surface area contributed by atoms with Crippen molar-refractivity contribution in [1.82, 2.24) is 15.0 Å². The van der Waals surface area contributed by atoms with Gasteiger partial charge < -0.3 is 5.73 Å². The van der Waals surface area contributed by atoms with Crippen molar-refractivity contribution in [2.75, 3.05) is 5.73 Å². The molecular weight excluding hydrogens is 256 g/mol. The van der Waals surface area contributed by atoms with E-state index in [9.17, 15) is 0 Å². The van der Waals surface area contributed by atoms with E-state index in [1.54, 1.807) is 4.68 Å². The van der Waals surface area contributed by atoms with E-state index in [-0.39, 0.29) is 0 Å². The lowest BCUT2D eigenvalue weighted by molar-refractivity contribution is 0.800. The highest BCUT2D eigenvalue weighted by molar-refractivity contribution is 9.10. The predicted octanol–water partition coefficient (Wildman–Crippen LogP) is 2.17. The number of nitrogens with zero attached hydrogens (tertiary/aromatic N) is 3. The Morgan fingerprint density at radius 2 is 2.13 bits per heavy atom. The van der Waals surface area contributed by atoms with Gasteiger partial charge >= 0.3 is 0 Å². The van der Waals surface area contributed by atoms with E-state index in [0.29, 0.717) is 5.82 Å². The van der Waals surface area contributed by atoms with E-state index in [0.717, 1.165) is 22.3 Å². The number of halogens is 1. The van der Waals surface area contributed by atoms with Crippen molar-refractivity contribution in [3.05, 3.63) is 34.4 Å². The molecule has 0 aliphatic carbocycles. The van der Waals surface area contributed by atoms with Crippen LogP contribution in [0, 0.1) is 0 Å². The van der Waals surface area contributed by atoms with E-state index >= 15 is 0 Å². The zero-order chi connectivity index (χ0) is 10.8. The van der Waals surface area contributed by atoms with Crippen LogP contribution >= 0.6 is 15.9 Å². The van der Waals surface area contributed by atoms with E-state index in [2.05, 4.69) is 26.2 Å². The first kappa shape index (κ1) is 10.2. The van der Waals surface area contributed by atoms with Gasteiger partial charge in [0.05, 0.1) is 5.69 Å². The summed E-state index contributed by atoms with van der Waals surface area (Å²) in [4.78, 5) is 0. The minimum atomic E-state index is 0.601. The molecule has 0 radical (unpaired) electrons. The third-order valence-corrected chi connectivity index (χ3v) is 2.86. The zero-order valence-corrected chi connectivity index (χ0v) is 9.90. The zero-order valence-electron chi connectivity index (χ0n) is 8.31. The van der Waals surface area contributed by atoms with Gasteiger partial charge in [-0.05, 0) is 34.5 Å². The van der Waals surface area contributed by atoms with Crippen molar-refractivity contribution in [2.24, 2.45) is 0 Å². The number of nitrogen functional groups attached to an aromatic ring is 1. The molecule has 0 spiro atoms. The average Bonchev–Trinajstić information content (AvgIpc) is 2.60. The number of anilines is 1. The van der Waals surface area contributed by atoms with Crippen molar-refractivity contribution in [3.8, 4) is 5.69 Å². The Balaban J connectivity index is 2.55. The van der Waals surface area contributed by atoms with Gasteiger partial charge in [-0.25, -0.2) is 0 Å². The Bertz CT molecular complexity index is 478. The summed E-state index contributed by atoms with van der Waals surface area (Å²) < 4.78 is 2.59. The Kier molecular flexibility index (Phi) is 2.73. The summed E-state index contributed by atoms with van der Waals surface area (Å²) in [5.41, 5.74) is 7.66. The van der Waals surface area contributed by atoms with E-state index in [1.807, 2.05) is 31.2 Å². The Morgan fingerprint density at radius 3 is 2.73 bits per heavy atom. The van der Waals surface area contributed by atoms with Gasteiger partial charge in [0.2, 0.25) is 0 Å². The highest BCUT2D eigenvalue weighted by atomic mass is 79.9. The maximum Gasteiger partial charge on any atom is 0.151 e. The van der Waals surface area contributed by atoms with Crippen molar-refractivity contribution in [3.63, 3.8) is 0 Å². The minimum Gasteiger partial charge on any atom is -0.382 e. The van der Waals surface area contributed by atoms with Gasteiger partial charge in [-0.2, -0.15) is 4.68 Å². The van der Waals surface area contributed by atoms with Crippen LogP contribution in [0.4, 0.5) is 5.82 Å². The lowest BCUT2D eigenvalue weighted by atomic mass is 10.3. The van der Waals surface area contributed by atoms with Gasteiger partial charge in [-0.3, -0.25) is 0 Å². The van der Waals surface area contributed by atoms with Crippen molar-refractivity contribution in [1.29, 1.82) is 0 Å². The summed E-state index contributed by atoms with van der Waals surface area (Å²) in [5, 5.41) is 8.05. The molecule has 0 amide bonds. The quantitative estimate of drug-likeness (QED) is 0.907. The van der Waals surface area contributed by atoms with Crippen LogP contribution in [0.5, 0.6) is 0 Å². The fourth-order valence-corrected chi connectivity index (χ4v) is 1.83. The maximum absolute atomic E-state index is 5.93. The second-order valence-corrected chi connectivity index (χ2v) is 3.99. The third-order valence-electron chi connectivity index (χ3n) is 2.19. The standard InChI is InChI=1S/C10H11BrN4/c1-2-8-10(12)15(14-13-8)9-6-4-3-5-7(9)11/h3-6H,2,12H2,1H3. The van der Waals surface area contributed by atoms with Crippen LogP contribution in [0.2, 0.25) is 0 Å². The molecular formula is C10H11BrN4. The molecule has 15 heavy (non-hydrogen) atoms. The number of aromatic nitrogens is 3. The summed E-state index contributed by atoms with van der Waals surface area (Å²) in [6, 6.07) is 7.77. The summed E-state index contributed by atoms with van der Waals surface area (Å²) in [5.74, 6) is 0.601. The Labute approximate surface area is 96.2 Å². The largest absolute Gasteiger partial charge is 0.382 e. The highest BCUT2D eigenvalue weighted by Crippen LogP contribution is 2.22. The molecule has 4 nitrogen and oxygen atoms in total. The van der Waals surface area contributed by atoms with E-state index in [4.69, 9.17) is 5.73 Å². The molecule has 78 valence electrons. The normalized spacial score (nSPS) is 10.5. The molecule has 0 saturated carbocycles. The first-order valence-electron chi connectivity index (χ1n) is 4.69. The van der Waals surface area contributed by atoms with Crippen LogP contribution in [0.1, 0.15) is 12.6 Å². The molecule has 5 heteroatoms. The van der Waals surface area contributed by atoms with Gasteiger partial charge in [0.15, 0.2) is 5.82 Å². The second kappa shape index (κ2) is 4.02. The average molecular weight is 267 g/mol. The van der Waals surface area contributed by atoms with Crippen LogP contribution in [-0.2, 0) is 6.42 Å². The number of hydrogen-bond donors (Lipinski definition) is 1. The first-order chi connectivity index (χ1) is 7.24. The Hall–Kier alpha value is -1.36. The van der Waals surface area contributed by atoms with Crippen LogP contribution in [-0.4, -0.2) is 15.0 Å². The van der Waals surface area contributed by atoms with Gasteiger partial charge in [-0.15, -0.1) is 5.10 Å². The van der Waals surface area contributed by atoms with Crippen LogP contribution in [0.25, 0.3) is 5.69 Å². The molecule has 0 aliphatic heterocycles. The van der Waals surface area contributed by atoms with Gasteiger partial charge in [0.1, 0.15) is 5.69 Å². The summed E-state index contributed by atoms with van der Waals surface area (Å²) in [6.07, 6.45) is 0.788. The Morgan fingerprint density at radius 1 is 1.40 bits per heavy atom. The SMILES string of the molecule is CCc1nnn(-c2ccccc2Br)c1N. The predicted molar refractivity (Wildman–Crippen MR) is 62.8 cm³/mol. The molecule has 0 fully saturated rings. The number of rotatable bonds is 2. The van der Waals surface area contributed by atoms with Crippen LogP contribution in [0.15, 0.2) is 28.7 Å². The summed E-state index contributed by atoms with van der Waals surface area (Å²) >= 11 is 3.45. The van der Waals surface area contributed by atoms with Gasteiger partial charge in [-0.1, -0.05) is 24.3 Å². The molecule has 2 rings (SSSR count). The van der Waals surface area contributed by atoms with Crippen molar-refractivity contribution < 1.29 is 0 Å². The molecule has 0 unspecified atom stereocenters. The molecule has 0 aliphatic rings. The third kappa shape index (κ3) is 1.74. The van der Waals surface area contributed by atoms with Gasteiger partial charge in [0.25, 0.3) is 0 Å². The van der Waals surface area contributed by atoms with E-state index < -0.39 is 0 Å². The lowest BCUT2D eigenvalue weighted by Gasteiger charge is -2.04. The molecule has 0 bridgehead atoms. The molecule has 1 aromatic carbocycles. The van der Waals surface area contributed by atoms with Crippen molar-refractivity contribution in [2.45, 2.75) is 13.3 Å². The van der Waals surface area contributed by atoms with Gasteiger partial charge in [0, 0.05) is 4.47 Å². The molecule has 1 aromatic heterocycles. The molecule has 1 heterocycles. The van der Waals surface area contributed by atoms with Crippen LogP contribution < -0.4 is 5.73 Å². The number of aryl methyl sites for hydroxylation is 1. The van der Waals surface area contributed by atoms with Crippen molar-refractivity contribution >= 4 is 21.7 Å². The van der Waals surface area contributed by atoms with Crippen LogP contribution in [0.3, 0.4) is 0 Å². The number of para-hydroxylation sites is 1. The fraction of sp³-hybridized carbons (Fsp3) is 0.200. The fourth-order valence-electron chi connectivity index (χ4n) is 1.37. The molecule has 0 saturated heterocycles. The summed E-state index contributed by atoms with van der Waals surface area (Å²) in [6.45, 7) is 2.00. The molecule has 0 atom stereocenters. The minimum absolute atomic E-state index is 0.601. The van der Waals surface area contributed by atoms with E-state index in [1.165, 1.54) is 0 Å². The highest BCUT2D eigenvalue weighted by Gasteiger charge is 2.10. The number of hydrogen-bond acceptors (Lipinski definition) is 3. The maximum atomic E-state index is 5.93. The topological polar surface area (TPSA) is 56.7 Å². The molecule has 2 aromatic rings.